The highest BCUT2D eigenvalue weighted by molar-refractivity contribution is 9.10. The van der Waals surface area contributed by atoms with Gasteiger partial charge in [-0.1, -0.05) is 32.0 Å². The molecule has 2 aromatic rings. The van der Waals surface area contributed by atoms with Gasteiger partial charge in [0.1, 0.15) is 10.4 Å². The van der Waals surface area contributed by atoms with Crippen molar-refractivity contribution < 1.29 is 4.79 Å². The van der Waals surface area contributed by atoms with Gasteiger partial charge in [0, 0.05) is 5.56 Å². The van der Waals surface area contributed by atoms with E-state index in [9.17, 15) is 4.79 Å². The third-order valence-electron chi connectivity index (χ3n) is 2.80. The summed E-state index contributed by atoms with van der Waals surface area (Å²) in [5, 5.41) is 2.77. The molecule has 0 radical (unpaired) electrons. The summed E-state index contributed by atoms with van der Waals surface area (Å²) in [5.74, 6) is 0.845. The van der Waals surface area contributed by atoms with Gasteiger partial charge in [-0.2, -0.15) is 0 Å². The SMILES string of the molecule is CC(C)c1ccc(C(=O)Nc2cccc(Br)n2)cc1. The predicted molar refractivity (Wildman–Crippen MR) is 80.4 cm³/mol. The summed E-state index contributed by atoms with van der Waals surface area (Å²) >= 11 is 3.27. The van der Waals surface area contributed by atoms with Crippen molar-refractivity contribution in [1.82, 2.24) is 4.98 Å². The second kappa shape index (κ2) is 5.97. The first-order valence-electron chi connectivity index (χ1n) is 6.10. The van der Waals surface area contributed by atoms with Gasteiger partial charge in [0.25, 0.3) is 5.91 Å². The fraction of sp³-hybridized carbons (Fsp3) is 0.200. The fourth-order valence-corrected chi connectivity index (χ4v) is 2.03. The van der Waals surface area contributed by atoms with Crippen molar-refractivity contribution in [3.05, 3.63) is 58.2 Å². The number of rotatable bonds is 3. The van der Waals surface area contributed by atoms with E-state index in [1.54, 1.807) is 6.07 Å². The molecule has 1 aromatic carbocycles. The molecule has 0 aliphatic carbocycles. The average molecular weight is 319 g/mol. The van der Waals surface area contributed by atoms with E-state index in [1.165, 1.54) is 5.56 Å². The average Bonchev–Trinajstić information content (AvgIpc) is 2.39. The standard InChI is InChI=1S/C15H15BrN2O/c1-10(2)11-6-8-12(9-7-11)15(19)18-14-5-3-4-13(16)17-14/h3-10H,1-2H3,(H,17,18,19). The third-order valence-corrected chi connectivity index (χ3v) is 3.24. The summed E-state index contributed by atoms with van der Waals surface area (Å²) in [4.78, 5) is 16.2. The first-order chi connectivity index (χ1) is 9.06. The van der Waals surface area contributed by atoms with E-state index in [2.05, 4.69) is 40.1 Å². The number of hydrogen-bond acceptors (Lipinski definition) is 2. The van der Waals surface area contributed by atoms with Crippen LogP contribution in [0.3, 0.4) is 0 Å². The molecule has 2 rings (SSSR count). The Morgan fingerprint density at radius 3 is 2.42 bits per heavy atom. The van der Waals surface area contributed by atoms with E-state index < -0.39 is 0 Å². The molecule has 3 nitrogen and oxygen atoms in total. The van der Waals surface area contributed by atoms with Gasteiger partial charge in [0.05, 0.1) is 0 Å². The lowest BCUT2D eigenvalue weighted by Crippen LogP contribution is -2.12. The van der Waals surface area contributed by atoms with Crippen LogP contribution in [-0.4, -0.2) is 10.9 Å². The van der Waals surface area contributed by atoms with Crippen molar-refractivity contribution in [2.75, 3.05) is 5.32 Å². The molecule has 19 heavy (non-hydrogen) atoms. The highest BCUT2D eigenvalue weighted by atomic mass is 79.9. The van der Waals surface area contributed by atoms with E-state index in [1.807, 2.05) is 36.4 Å². The molecule has 4 heteroatoms. The number of amides is 1. The smallest absolute Gasteiger partial charge is 0.256 e. The van der Waals surface area contributed by atoms with Crippen LogP contribution in [0, 0.1) is 0 Å². The molecule has 1 heterocycles. The molecule has 0 fully saturated rings. The number of aromatic nitrogens is 1. The number of anilines is 1. The van der Waals surface area contributed by atoms with Crippen LogP contribution in [0.5, 0.6) is 0 Å². The number of nitrogens with one attached hydrogen (secondary N) is 1. The Morgan fingerprint density at radius 2 is 1.84 bits per heavy atom. The van der Waals surface area contributed by atoms with Gasteiger partial charge >= 0.3 is 0 Å². The van der Waals surface area contributed by atoms with Crippen LogP contribution in [0.25, 0.3) is 0 Å². The lowest BCUT2D eigenvalue weighted by Gasteiger charge is -2.07. The number of hydrogen-bond donors (Lipinski definition) is 1. The van der Waals surface area contributed by atoms with Crippen LogP contribution >= 0.6 is 15.9 Å². The Labute approximate surface area is 121 Å². The summed E-state index contributed by atoms with van der Waals surface area (Å²) in [6.45, 7) is 4.25. The van der Waals surface area contributed by atoms with Gasteiger partial charge < -0.3 is 5.32 Å². The van der Waals surface area contributed by atoms with Crippen molar-refractivity contribution in [2.24, 2.45) is 0 Å². The predicted octanol–water partition coefficient (Wildman–Crippen LogP) is 4.22. The molecule has 0 atom stereocenters. The number of pyridine rings is 1. The zero-order chi connectivity index (χ0) is 13.8. The topological polar surface area (TPSA) is 42.0 Å². The Bertz CT molecular complexity index is 579. The van der Waals surface area contributed by atoms with Crippen molar-refractivity contribution in [3.8, 4) is 0 Å². The molecule has 0 aliphatic heterocycles. The zero-order valence-corrected chi connectivity index (χ0v) is 12.4. The van der Waals surface area contributed by atoms with Gasteiger partial charge in [0.15, 0.2) is 0 Å². The van der Waals surface area contributed by atoms with Crippen molar-refractivity contribution in [3.63, 3.8) is 0 Å². The van der Waals surface area contributed by atoms with Crippen molar-refractivity contribution in [1.29, 1.82) is 0 Å². The summed E-state index contributed by atoms with van der Waals surface area (Å²) in [6, 6.07) is 13.0. The number of benzene rings is 1. The number of carbonyl (C=O) groups excluding carboxylic acids is 1. The molecule has 1 amide bonds. The molecule has 1 N–H and O–H groups in total. The first kappa shape index (κ1) is 13.7. The summed E-state index contributed by atoms with van der Waals surface area (Å²) < 4.78 is 0.695. The van der Waals surface area contributed by atoms with Crippen molar-refractivity contribution in [2.45, 2.75) is 19.8 Å². The molecule has 1 aromatic heterocycles. The quantitative estimate of drug-likeness (QED) is 0.861. The maximum atomic E-state index is 12.0. The molecular formula is C15H15BrN2O. The van der Waals surface area contributed by atoms with Gasteiger partial charge in [-0.25, -0.2) is 4.98 Å². The lowest BCUT2D eigenvalue weighted by molar-refractivity contribution is 0.102. The maximum Gasteiger partial charge on any atom is 0.256 e. The normalized spacial score (nSPS) is 10.5. The number of halogens is 1. The molecule has 0 spiro atoms. The summed E-state index contributed by atoms with van der Waals surface area (Å²) in [6.07, 6.45) is 0. The minimum Gasteiger partial charge on any atom is -0.307 e. The van der Waals surface area contributed by atoms with E-state index in [4.69, 9.17) is 0 Å². The third kappa shape index (κ3) is 3.64. The van der Waals surface area contributed by atoms with Crippen LogP contribution in [-0.2, 0) is 0 Å². The first-order valence-corrected chi connectivity index (χ1v) is 6.89. The van der Waals surface area contributed by atoms with E-state index >= 15 is 0 Å². The molecule has 0 saturated heterocycles. The Kier molecular flexibility index (Phi) is 4.32. The Hall–Kier alpha value is -1.68. The van der Waals surface area contributed by atoms with E-state index in [-0.39, 0.29) is 5.91 Å². The monoisotopic (exact) mass is 318 g/mol. The number of carbonyl (C=O) groups is 1. The Balaban J connectivity index is 2.11. The van der Waals surface area contributed by atoms with Gasteiger partial charge in [-0.05, 0) is 51.7 Å². The second-order valence-corrected chi connectivity index (χ2v) is 5.39. The highest BCUT2D eigenvalue weighted by Crippen LogP contribution is 2.16. The van der Waals surface area contributed by atoms with Crippen LogP contribution < -0.4 is 5.32 Å². The molecule has 0 bridgehead atoms. The van der Waals surface area contributed by atoms with Crippen LogP contribution in [0.2, 0.25) is 0 Å². The Morgan fingerprint density at radius 1 is 1.16 bits per heavy atom. The summed E-state index contributed by atoms with van der Waals surface area (Å²) in [5.41, 5.74) is 1.85. The van der Waals surface area contributed by atoms with Gasteiger partial charge in [-0.15, -0.1) is 0 Å². The van der Waals surface area contributed by atoms with Crippen LogP contribution in [0.15, 0.2) is 47.1 Å². The lowest BCUT2D eigenvalue weighted by atomic mass is 10.0. The zero-order valence-electron chi connectivity index (χ0n) is 10.9. The second-order valence-electron chi connectivity index (χ2n) is 4.58. The van der Waals surface area contributed by atoms with Crippen LogP contribution in [0.4, 0.5) is 5.82 Å². The minimum absolute atomic E-state index is 0.152. The molecule has 0 aliphatic rings. The van der Waals surface area contributed by atoms with Gasteiger partial charge in [0.2, 0.25) is 0 Å². The molecule has 98 valence electrons. The number of nitrogens with zero attached hydrogens (tertiary/aromatic N) is 1. The van der Waals surface area contributed by atoms with Gasteiger partial charge in [-0.3, -0.25) is 4.79 Å². The minimum atomic E-state index is -0.152. The highest BCUT2D eigenvalue weighted by Gasteiger charge is 2.07. The van der Waals surface area contributed by atoms with Crippen LogP contribution in [0.1, 0.15) is 35.7 Å². The largest absolute Gasteiger partial charge is 0.307 e. The summed E-state index contributed by atoms with van der Waals surface area (Å²) in [7, 11) is 0. The van der Waals surface area contributed by atoms with Crippen molar-refractivity contribution >= 4 is 27.7 Å². The fourth-order valence-electron chi connectivity index (χ4n) is 1.69. The molecule has 0 unspecified atom stereocenters. The molecular weight excluding hydrogens is 304 g/mol. The maximum absolute atomic E-state index is 12.0. The van der Waals surface area contributed by atoms with E-state index in [0.29, 0.717) is 21.9 Å². The molecule has 0 saturated carbocycles. The van der Waals surface area contributed by atoms with E-state index in [0.717, 1.165) is 0 Å².